The minimum absolute atomic E-state index is 0.598. The maximum Gasteiger partial charge on any atom is 0.207 e. The Kier molecular flexibility index (Phi) is 3.94. The third-order valence-electron chi connectivity index (χ3n) is 2.00. The van der Waals surface area contributed by atoms with E-state index in [1.807, 2.05) is 0 Å². The van der Waals surface area contributed by atoms with Crippen molar-refractivity contribution in [2.24, 2.45) is 10.9 Å². The summed E-state index contributed by atoms with van der Waals surface area (Å²) in [6.07, 6.45) is -1.39. The average molecular weight is 270 g/mol. The molecule has 0 aromatic heterocycles. The van der Waals surface area contributed by atoms with Gasteiger partial charge < -0.3 is 15.7 Å². The van der Waals surface area contributed by atoms with Crippen LogP contribution < -0.4 is 10.5 Å². The summed E-state index contributed by atoms with van der Waals surface area (Å²) in [5.41, 5.74) is 5.04. The summed E-state index contributed by atoms with van der Waals surface area (Å²) in [4.78, 5) is 0. The van der Waals surface area contributed by atoms with Crippen LogP contribution in [0.15, 0.2) is 5.16 Å². The third-order valence-corrected chi connectivity index (χ3v) is 2.00. The second-order valence-corrected chi connectivity index (χ2v) is 3.18. The molecule has 0 heterocycles. The highest BCUT2D eigenvalue weighted by atomic mass is 19.2. The number of amidine groups is 1. The highest BCUT2D eigenvalue weighted by Gasteiger charge is 2.28. The monoisotopic (exact) mass is 270 g/mol. The molecule has 1 rings (SSSR count). The van der Waals surface area contributed by atoms with E-state index < -0.39 is 46.8 Å². The van der Waals surface area contributed by atoms with Crippen LogP contribution in [0.1, 0.15) is 6.92 Å². The molecule has 0 aliphatic rings. The predicted molar refractivity (Wildman–Crippen MR) is 49.7 cm³/mol. The standard InChI is InChI=1S/C9H7F5N2O2/c1-2(9(15)16-17)18-8-6(13)4(11)3(10)5(12)7(8)14/h2,17H,1H3,(H2,15,16). The number of rotatable bonds is 3. The van der Waals surface area contributed by atoms with Crippen LogP contribution in [-0.2, 0) is 0 Å². The van der Waals surface area contributed by atoms with Crippen LogP contribution in [0.2, 0.25) is 0 Å². The van der Waals surface area contributed by atoms with Crippen LogP contribution in [0.4, 0.5) is 22.0 Å². The van der Waals surface area contributed by atoms with Gasteiger partial charge in [0.15, 0.2) is 17.7 Å². The summed E-state index contributed by atoms with van der Waals surface area (Å²) < 4.78 is 69.0. The molecule has 9 heteroatoms. The van der Waals surface area contributed by atoms with Gasteiger partial charge in [-0.15, -0.1) is 0 Å². The van der Waals surface area contributed by atoms with Gasteiger partial charge in [-0.3, -0.25) is 0 Å². The van der Waals surface area contributed by atoms with Gasteiger partial charge in [-0.1, -0.05) is 5.16 Å². The minimum Gasteiger partial charge on any atom is -0.476 e. The smallest absolute Gasteiger partial charge is 0.207 e. The minimum atomic E-state index is -2.30. The maximum atomic E-state index is 13.1. The lowest BCUT2D eigenvalue weighted by Crippen LogP contribution is -2.32. The fourth-order valence-corrected chi connectivity index (χ4v) is 1.01. The fraction of sp³-hybridized carbons (Fsp3) is 0.222. The average Bonchev–Trinajstić information content (AvgIpc) is 2.37. The first kappa shape index (κ1) is 14.0. The largest absolute Gasteiger partial charge is 0.476 e. The molecule has 0 fully saturated rings. The molecule has 0 radical (unpaired) electrons. The van der Waals surface area contributed by atoms with E-state index in [0.717, 1.165) is 6.92 Å². The van der Waals surface area contributed by atoms with Gasteiger partial charge in [0.25, 0.3) is 0 Å². The number of hydrogen-bond acceptors (Lipinski definition) is 3. The zero-order chi connectivity index (χ0) is 14.0. The predicted octanol–water partition coefficient (Wildman–Crippen LogP) is 1.90. The Labute approximate surface area is 97.5 Å². The molecule has 1 atom stereocenters. The molecule has 0 saturated carbocycles. The molecule has 100 valence electrons. The van der Waals surface area contributed by atoms with Crippen LogP contribution in [0.3, 0.4) is 0 Å². The Hall–Kier alpha value is -2.06. The number of nitrogens with zero attached hydrogens (tertiary/aromatic N) is 1. The number of ether oxygens (including phenoxy) is 1. The Morgan fingerprint density at radius 3 is 1.83 bits per heavy atom. The Morgan fingerprint density at radius 1 is 1.06 bits per heavy atom. The highest BCUT2D eigenvalue weighted by Crippen LogP contribution is 2.29. The zero-order valence-corrected chi connectivity index (χ0v) is 8.85. The van der Waals surface area contributed by atoms with E-state index in [-0.39, 0.29) is 0 Å². The topological polar surface area (TPSA) is 67.8 Å². The molecule has 1 aromatic rings. The van der Waals surface area contributed by atoms with Crippen molar-refractivity contribution in [2.75, 3.05) is 0 Å². The number of nitrogens with two attached hydrogens (primary N) is 1. The number of halogens is 5. The van der Waals surface area contributed by atoms with Gasteiger partial charge in [0.05, 0.1) is 0 Å². The maximum absolute atomic E-state index is 13.1. The van der Waals surface area contributed by atoms with Crippen molar-refractivity contribution in [1.82, 2.24) is 0 Å². The Bertz CT molecular complexity index is 477. The van der Waals surface area contributed by atoms with E-state index in [0.29, 0.717) is 0 Å². The molecule has 1 aromatic carbocycles. The van der Waals surface area contributed by atoms with Crippen LogP contribution in [0.5, 0.6) is 5.75 Å². The lowest BCUT2D eigenvalue weighted by molar-refractivity contribution is 0.231. The van der Waals surface area contributed by atoms with Gasteiger partial charge in [-0.25, -0.2) is 13.2 Å². The lowest BCUT2D eigenvalue weighted by atomic mass is 10.2. The summed E-state index contributed by atoms with van der Waals surface area (Å²) in [5.74, 6) is -12.9. The molecule has 0 bridgehead atoms. The molecule has 4 nitrogen and oxygen atoms in total. The summed E-state index contributed by atoms with van der Waals surface area (Å²) in [7, 11) is 0. The van der Waals surface area contributed by atoms with Gasteiger partial charge >= 0.3 is 0 Å². The van der Waals surface area contributed by atoms with Gasteiger partial charge in [0, 0.05) is 0 Å². The van der Waals surface area contributed by atoms with Crippen molar-refractivity contribution in [2.45, 2.75) is 13.0 Å². The van der Waals surface area contributed by atoms with Crippen LogP contribution in [0.25, 0.3) is 0 Å². The SMILES string of the molecule is CC(Oc1c(F)c(F)c(F)c(F)c1F)C(N)=NO. The molecule has 1 unspecified atom stereocenters. The number of benzene rings is 1. The van der Waals surface area contributed by atoms with Crippen molar-refractivity contribution < 1.29 is 31.9 Å². The van der Waals surface area contributed by atoms with Crippen LogP contribution >= 0.6 is 0 Å². The fourth-order valence-electron chi connectivity index (χ4n) is 1.01. The van der Waals surface area contributed by atoms with Crippen molar-refractivity contribution in [3.8, 4) is 5.75 Å². The first-order valence-corrected chi connectivity index (χ1v) is 4.46. The molecule has 18 heavy (non-hydrogen) atoms. The van der Waals surface area contributed by atoms with E-state index in [9.17, 15) is 22.0 Å². The molecule has 0 spiro atoms. The number of hydrogen-bond donors (Lipinski definition) is 2. The van der Waals surface area contributed by atoms with Crippen molar-refractivity contribution in [3.05, 3.63) is 29.1 Å². The van der Waals surface area contributed by atoms with Crippen LogP contribution in [-0.4, -0.2) is 17.1 Å². The van der Waals surface area contributed by atoms with Crippen molar-refractivity contribution in [1.29, 1.82) is 0 Å². The zero-order valence-electron chi connectivity index (χ0n) is 8.85. The van der Waals surface area contributed by atoms with E-state index in [1.165, 1.54) is 0 Å². The van der Waals surface area contributed by atoms with Crippen molar-refractivity contribution in [3.63, 3.8) is 0 Å². The summed E-state index contributed by atoms with van der Waals surface area (Å²) in [6, 6.07) is 0. The van der Waals surface area contributed by atoms with E-state index >= 15 is 0 Å². The summed E-state index contributed by atoms with van der Waals surface area (Å²) >= 11 is 0. The van der Waals surface area contributed by atoms with Gasteiger partial charge in [-0.05, 0) is 6.92 Å². The second-order valence-electron chi connectivity index (χ2n) is 3.18. The quantitative estimate of drug-likeness (QED) is 0.168. The molecule has 3 N–H and O–H groups in total. The van der Waals surface area contributed by atoms with E-state index in [4.69, 9.17) is 10.9 Å². The third kappa shape index (κ3) is 2.29. The second kappa shape index (κ2) is 5.07. The molecule has 0 aliphatic carbocycles. The van der Waals surface area contributed by atoms with Gasteiger partial charge in [-0.2, -0.15) is 8.78 Å². The molecular formula is C9H7F5N2O2. The van der Waals surface area contributed by atoms with Crippen molar-refractivity contribution >= 4 is 5.84 Å². The van der Waals surface area contributed by atoms with E-state index in [1.54, 1.807) is 0 Å². The summed E-state index contributed by atoms with van der Waals surface area (Å²) in [5, 5.41) is 10.7. The molecule has 0 saturated heterocycles. The van der Waals surface area contributed by atoms with Gasteiger partial charge in [0.2, 0.25) is 29.1 Å². The first-order chi connectivity index (χ1) is 8.31. The molecule has 0 aliphatic heterocycles. The highest BCUT2D eigenvalue weighted by molar-refractivity contribution is 5.84. The van der Waals surface area contributed by atoms with E-state index in [2.05, 4.69) is 9.89 Å². The Balaban J connectivity index is 3.26. The number of oxime groups is 1. The summed E-state index contributed by atoms with van der Waals surface area (Å²) in [6.45, 7) is 1.09. The van der Waals surface area contributed by atoms with Gasteiger partial charge in [0.1, 0.15) is 0 Å². The normalized spacial score (nSPS) is 13.6. The molecular weight excluding hydrogens is 263 g/mol. The first-order valence-electron chi connectivity index (χ1n) is 4.46. The lowest BCUT2D eigenvalue weighted by Gasteiger charge is -2.15. The van der Waals surface area contributed by atoms with Crippen LogP contribution in [0, 0.1) is 29.1 Å². The molecule has 0 amide bonds. The Morgan fingerprint density at radius 2 is 1.44 bits per heavy atom.